The fraction of sp³-hybridized carbons (Fsp3) is 1.00. The second-order valence-electron chi connectivity index (χ2n) is 2.01. The van der Waals surface area contributed by atoms with Gasteiger partial charge in [0.2, 0.25) is 0 Å². The minimum atomic E-state index is -0.352. The van der Waals surface area contributed by atoms with Crippen molar-refractivity contribution in [3.8, 4) is 0 Å². The summed E-state index contributed by atoms with van der Waals surface area (Å²) in [6.07, 6.45) is 0.844. The first-order chi connectivity index (χ1) is 2.39. The highest BCUT2D eigenvalue weighted by Gasteiger charge is 2.65. The molecule has 1 heteroatoms. The Morgan fingerprint density at radius 2 is 1.80 bits per heavy atom. The molecule has 2 saturated carbocycles. The lowest BCUT2D eigenvalue weighted by Crippen LogP contribution is -1.79. The SMILES string of the molecule is FC1C2CC12. The largest absolute Gasteiger partial charge is 0.247 e. The maximum Gasteiger partial charge on any atom is 0.106 e. The van der Waals surface area contributed by atoms with Crippen LogP contribution in [0.25, 0.3) is 0 Å². The Morgan fingerprint density at radius 1 is 1.40 bits per heavy atom. The van der Waals surface area contributed by atoms with Crippen LogP contribution >= 0.6 is 0 Å². The van der Waals surface area contributed by atoms with Crippen LogP contribution in [0.3, 0.4) is 0 Å². The molecule has 0 radical (unpaired) electrons. The molecule has 0 aromatic carbocycles. The van der Waals surface area contributed by atoms with Crippen molar-refractivity contribution in [1.29, 1.82) is 0 Å². The summed E-state index contributed by atoms with van der Waals surface area (Å²) < 4.78 is 11.6. The number of halogens is 1. The highest BCUT2D eigenvalue weighted by molar-refractivity contribution is 5.13. The standard InChI is InChI=1S/C4H5F/c5-4-2-1-3(2)4/h2-4H,1H2. The average Bonchev–Trinajstić information content (AvgIpc) is 2.11. The molecule has 0 aromatic rings. The maximum atomic E-state index is 11.6. The smallest absolute Gasteiger partial charge is 0.106 e. The molecule has 2 atom stereocenters. The third kappa shape index (κ3) is 0.103. The topological polar surface area (TPSA) is 0 Å². The molecule has 2 rings (SSSR count). The molecule has 0 nitrogen and oxygen atoms in total. The molecule has 2 aliphatic carbocycles. The highest BCUT2D eigenvalue weighted by atomic mass is 19.1. The van der Waals surface area contributed by atoms with E-state index >= 15 is 0 Å². The number of rotatable bonds is 0. The minimum absolute atomic E-state index is 0.352. The van der Waals surface area contributed by atoms with E-state index in [-0.39, 0.29) is 6.17 Å². The number of hydrogen-bond acceptors (Lipinski definition) is 0. The summed E-state index contributed by atoms with van der Waals surface area (Å²) in [7, 11) is 0. The molecule has 0 saturated heterocycles. The first-order valence-corrected chi connectivity index (χ1v) is 2.03. The summed E-state index contributed by atoms with van der Waals surface area (Å²) in [4.78, 5) is 0. The van der Waals surface area contributed by atoms with E-state index in [4.69, 9.17) is 0 Å². The lowest BCUT2D eigenvalue weighted by molar-refractivity contribution is 0.389. The predicted octanol–water partition coefficient (Wildman–Crippen LogP) is 0.974. The Balaban J connectivity index is 2.19. The van der Waals surface area contributed by atoms with Gasteiger partial charge in [0.15, 0.2) is 0 Å². The van der Waals surface area contributed by atoms with Crippen LogP contribution in [0.1, 0.15) is 6.42 Å². The summed E-state index contributed by atoms with van der Waals surface area (Å²) in [5, 5.41) is 0. The molecular weight excluding hydrogens is 67.0 g/mol. The van der Waals surface area contributed by atoms with E-state index in [0.29, 0.717) is 11.8 Å². The lowest BCUT2D eigenvalue weighted by atomic mass is 10.4. The Labute approximate surface area is 30.0 Å². The van der Waals surface area contributed by atoms with Gasteiger partial charge in [-0.25, -0.2) is 4.39 Å². The van der Waals surface area contributed by atoms with Crippen molar-refractivity contribution in [3.63, 3.8) is 0 Å². The van der Waals surface area contributed by atoms with Gasteiger partial charge in [-0.15, -0.1) is 0 Å². The zero-order chi connectivity index (χ0) is 3.44. The second kappa shape index (κ2) is 0.342. The van der Waals surface area contributed by atoms with E-state index in [9.17, 15) is 4.39 Å². The molecule has 2 aliphatic rings. The van der Waals surface area contributed by atoms with Crippen LogP contribution in [0.4, 0.5) is 4.39 Å². The first-order valence-electron chi connectivity index (χ1n) is 2.03. The fourth-order valence-electron chi connectivity index (χ4n) is 0.698. The predicted molar refractivity (Wildman–Crippen MR) is 16.5 cm³/mol. The first kappa shape index (κ1) is 2.17. The van der Waals surface area contributed by atoms with Crippen molar-refractivity contribution in [2.75, 3.05) is 0 Å². The molecule has 0 spiro atoms. The van der Waals surface area contributed by atoms with E-state index in [1.807, 2.05) is 0 Å². The third-order valence-electron chi connectivity index (χ3n) is 1.57. The molecule has 5 heavy (non-hydrogen) atoms. The quantitative estimate of drug-likeness (QED) is 0.400. The lowest BCUT2D eigenvalue weighted by Gasteiger charge is -1.78. The Kier molecular flexibility index (Phi) is 0.148. The van der Waals surface area contributed by atoms with Gasteiger partial charge in [-0.1, -0.05) is 0 Å². The molecule has 0 N–H and O–H groups in total. The molecule has 0 aliphatic heterocycles. The van der Waals surface area contributed by atoms with Crippen LogP contribution in [0, 0.1) is 11.8 Å². The van der Waals surface area contributed by atoms with Crippen molar-refractivity contribution >= 4 is 0 Å². The Morgan fingerprint density at radius 3 is 1.80 bits per heavy atom. The van der Waals surface area contributed by atoms with Crippen LogP contribution in [0.2, 0.25) is 0 Å². The van der Waals surface area contributed by atoms with E-state index < -0.39 is 0 Å². The van der Waals surface area contributed by atoms with E-state index in [1.165, 1.54) is 6.42 Å². The average molecular weight is 72.1 g/mol. The summed E-state index contributed by atoms with van der Waals surface area (Å²) in [6, 6.07) is 0. The number of alkyl halides is 1. The Bertz CT molecular complexity index is 55.3. The molecular formula is C4H5F. The van der Waals surface area contributed by atoms with Crippen molar-refractivity contribution < 1.29 is 4.39 Å². The molecule has 0 bridgehead atoms. The van der Waals surface area contributed by atoms with Crippen molar-refractivity contribution in [1.82, 2.24) is 0 Å². The van der Waals surface area contributed by atoms with Gasteiger partial charge in [0.25, 0.3) is 0 Å². The van der Waals surface area contributed by atoms with Gasteiger partial charge in [-0.3, -0.25) is 0 Å². The number of fused-ring (bicyclic) bond motifs is 1. The van der Waals surface area contributed by atoms with E-state index in [1.54, 1.807) is 0 Å². The van der Waals surface area contributed by atoms with Crippen LogP contribution in [-0.2, 0) is 0 Å². The van der Waals surface area contributed by atoms with Gasteiger partial charge in [-0.05, 0) is 18.3 Å². The van der Waals surface area contributed by atoms with Crippen molar-refractivity contribution in [2.24, 2.45) is 11.8 Å². The summed E-state index contributed by atoms with van der Waals surface area (Å²) >= 11 is 0. The zero-order valence-electron chi connectivity index (χ0n) is 2.82. The van der Waals surface area contributed by atoms with Gasteiger partial charge in [-0.2, -0.15) is 0 Å². The highest BCUT2D eigenvalue weighted by Crippen LogP contribution is 2.64. The van der Waals surface area contributed by atoms with Gasteiger partial charge < -0.3 is 0 Å². The van der Waals surface area contributed by atoms with Crippen molar-refractivity contribution in [2.45, 2.75) is 12.6 Å². The molecule has 0 amide bonds. The summed E-state index contributed by atoms with van der Waals surface area (Å²) in [5.41, 5.74) is 0. The minimum Gasteiger partial charge on any atom is -0.247 e. The van der Waals surface area contributed by atoms with Crippen molar-refractivity contribution in [3.05, 3.63) is 0 Å². The molecule has 28 valence electrons. The van der Waals surface area contributed by atoms with Crippen LogP contribution in [-0.4, -0.2) is 6.17 Å². The fourth-order valence-corrected chi connectivity index (χ4v) is 0.698. The zero-order valence-corrected chi connectivity index (χ0v) is 2.82. The monoisotopic (exact) mass is 72.0 g/mol. The molecule has 0 aromatic heterocycles. The molecule has 2 fully saturated rings. The molecule has 0 heterocycles. The van der Waals surface area contributed by atoms with Crippen LogP contribution in [0.5, 0.6) is 0 Å². The third-order valence-corrected chi connectivity index (χ3v) is 1.57. The van der Waals surface area contributed by atoms with Gasteiger partial charge in [0, 0.05) is 0 Å². The van der Waals surface area contributed by atoms with E-state index in [2.05, 4.69) is 0 Å². The summed E-state index contributed by atoms with van der Waals surface area (Å²) in [6.45, 7) is 0. The Hall–Kier alpha value is -0.0700. The van der Waals surface area contributed by atoms with Gasteiger partial charge in [0.05, 0.1) is 0 Å². The number of hydrogen-bond donors (Lipinski definition) is 0. The van der Waals surface area contributed by atoms with Crippen LogP contribution in [0.15, 0.2) is 0 Å². The maximum absolute atomic E-state index is 11.6. The summed E-state index contributed by atoms with van der Waals surface area (Å²) in [5.74, 6) is 1.10. The van der Waals surface area contributed by atoms with Gasteiger partial charge >= 0.3 is 0 Å². The van der Waals surface area contributed by atoms with E-state index in [0.717, 1.165) is 0 Å². The second-order valence-corrected chi connectivity index (χ2v) is 2.01. The normalized spacial score (nSPS) is 70.2. The van der Waals surface area contributed by atoms with Gasteiger partial charge in [0.1, 0.15) is 6.17 Å². The molecule has 2 unspecified atom stereocenters. The van der Waals surface area contributed by atoms with Crippen LogP contribution < -0.4 is 0 Å².